The SMILES string of the molecule is Cc1ccccc1NCc1cc(Cl)c(OCc2ccc([N+](=O)[O-])cc2)c(Cl)c1. The van der Waals surface area contributed by atoms with Crippen LogP contribution in [0.2, 0.25) is 10.0 Å². The van der Waals surface area contributed by atoms with Crippen LogP contribution in [0.25, 0.3) is 0 Å². The van der Waals surface area contributed by atoms with Crippen molar-refractivity contribution in [3.8, 4) is 5.75 Å². The maximum atomic E-state index is 10.7. The van der Waals surface area contributed by atoms with Gasteiger partial charge in [0.2, 0.25) is 0 Å². The highest BCUT2D eigenvalue weighted by Gasteiger charge is 2.11. The fraction of sp³-hybridized carbons (Fsp3) is 0.143. The van der Waals surface area contributed by atoms with Gasteiger partial charge in [-0.2, -0.15) is 0 Å². The van der Waals surface area contributed by atoms with Crippen molar-refractivity contribution in [2.45, 2.75) is 20.1 Å². The first-order valence-corrected chi connectivity index (χ1v) is 9.33. The number of rotatable bonds is 7. The number of nitrogens with one attached hydrogen (secondary N) is 1. The Labute approximate surface area is 173 Å². The van der Waals surface area contributed by atoms with E-state index >= 15 is 0 Å². The van der Waals surface area contributed by atoms with E-state index in [1.54, 1.807) is 12.1 Å². The molecular formula is C21H18Cl2N2O3. The average Bonchev–Trinajstić information content (AvgIpc) is 2.67. The molecule has 0 aliphatic heterocycles. The second-order valence-corrected chi connectivity index (χ2v) is 7.08. The van der Waals surface area contributed by atoms with E-state index in [1.807, 2.05) is 43.3 Å². The van der Waals surface area contributed by atoms with Gasteiger partial charge >= 0.3 is 0 Å². The fourth-order valence-corrected chi connectivity index (χ4v) is 3.33. The Bertz CT molecular complexity index is 968. The standard InChI is InChI=1S/C21H18Cl2N2O3/c1-14-4-2-3-5-20(14)24-12-16-10-18(22)21(19(23)11-16)28-13-15-6-8-17(9-7-15)25(26)27/h2-11,24H,12-13H2,1H3. The van der Waals surface area contributed by atoms with E-state index in [9.17, 15) is 10.1 Å². The van der Waals surface area contributed by atoms with Gasteiger partial charge in [-0.3, -0.25) is 10.1 Å². The lowest BCUT2D eigenvalue weighted by atomic mass is 10.1. The van der Waals surface area contributed by atoms with Gasteiger partial charge in [-0.05, 0) is 53.9 Å². The lowest BCUT2D eigenvalue weighted by Crippen LogP contribution is -2.02. The second kappa shape index (κ2) is 8.95. The Morgan fingerprint density at radius 2 is 1.64 bits per heavy atom. The number of halogens is 2. The Balaban J connectivity index is 1.66. The normalized spacial score (nSPS) is 10.5. The first-order chi connectivity index (χ1) is 13.4. The number of aryl methyl sites for hydroxylation is 1. The first-order valence-electron chi connectivity index (χ1n) is 8.57. The third-order valence-corrected chi connectivity index (χ3v) is 4.78. The van der Waals surface area contributed by atoms with Crippen molar-refractivity contribution in [2.24, 2.45) is 0 Å². The van der Waals surface area contributed by atoms with Crippen molar-refractivity contribution in [3.05, 3.63) is 97.5 Å². The third-order valence-electron chi connectivity index (χ3n) is 4.22. The predicted octanol–water partition coefficient (Wildman–Crippen LogP) is 6.40. The van der Waals surface area contributed by atoms with Gasteiger partial charge in [-0.1, -0.05) is 41.4 Å². The number of benzene rings is 3. The zero-order valence-corrected chi connectivity index (χ0v) is 16.6. The summed E-state index contributed by atoms with van der Waals surface area (Å²) in [4.78, 5) is 10.3. The molecule has 0 spiro atoms. The van der Waals surface area contributed by atoms with Gasteiger partial charge in [0.05, 0.1) is 15.0 Å². The van der Waals surface area contributed by atoms with E-state index in [-0.39, 0.29) is 12.3 Å². The van der Waals surface area contributed by atoms with Crippen molar-refractivity contribution in [1.29, 1.82) is 0 Å². The number of hydrogen-bond donors (Lipinski definition) is 1. The van der Waals surface area contributed by atoms with Gasteiger partial charge in [-0.25, -0.2) is 0 Å². The van der Waals surface area contributed by atoms with Gasteiger partial charge in [-0.15, -0.1) is 0 Å². The molecule has 0 radical (unpaired) electrons. The minimum absolute atomic E-state index is 0.0327. The molecule has 0 saturated heterocycles. The lowest BCUT2D eigenvalue weighted by molar-refractivity contribution is -0.384. The van der Waals surface area contributed by atoms with Crippen molar-refractivity contribution in [1.82, 2.24) is 0 Å². The van der Waals surface area contributed by atoms with Crippen molar-refractivity contribution < 1.29 is 9.66 Å². The molecule has 144 valence electrons. The predicted molar refractivity (Wildman–Crippen MR) is 112 cm³/mol. The van der Waals surface area contributed by atoms with E-state index in [4.69, 9.17) is 27.9 Å². The van der Waals surface area contributed by atoms with Crippen molar-refractivity contribution in [3.63, 3.8) is 0 Å². The zero-order chi connectivity index (χ0) is 20.1. The Hall–Kier alpha value is -2.76. The summed E-state index contributed by atoms with van der Waals surface area (Å²) >= 11 is 12.7. The van der Waals surface area contributed by atoms with Crippen LogP contribution in [-0.4, -0.2) is 4.92 Å². The highest BCUT2D eigenvalue weighted by molar-refractivity contribution is 6.37. The average molecular weight is 417 g/mol. The summed E-state index contributed by atoms with van der Waals surface area (Å²) in [5.74, 6) is 0.390. The van der Waals surface area contributed by atoms with Crippen LogP contribution in [-0.2, 0) is 13.2 Å². The topological polar surface area (TPSA) is 64.4 Å². The molecule has 0 aliphatic carbocycles. The summed E-state index contributed by atoms with van der Waals surface area (Å²) < 4.78 is 5.74. The van der Waals surface area contributed by atoms with Crippen LogP contribution in [0.15, 0.2) is 60.7 Å². The van der Waals surface area contributed by atoms with E-state index in [0.717, 1.165) is 22.4 Å². The lowest BCUT2D eigenvalue weighted by Gasteiger charge is -2.13. The molecule has 3 aromatic carbocycles. The smallest absolute Gasteiger partial charge is 0.269 e. The maximum Gasteiger partial charge on any atom is 0.269 e. The number of non-ortho nitro benzene ring substituents is 1. The number of nitro groups is 1. The molecule has 0 unspecified atom stereocenters. The third kappa shape index (κ3) is 4.94. The molecule has 0 aromatic heterocycles. The second-order valence-electron chi connectivity index (χ2n) is 6.27. The molecule has 0 heterocycles. The molecule has 3 aromatic rings. The molecule has 7 heteroatoms. The number of anilines is 1. The Morgan fingerprint density at radius 1 is 1.00 bits per heavy atom. The summed E-state index contributed by atoms with van der Waals surface area (Å²) in [5, 5.41) is 14.9. The first kappa shape index (κ1) is 20.0. The largest absolute Gasteiger partial charge is 0.486 e. The summed E-state index contributed by atoms with van der Waals surface area (Å²) in [5.41, 5.74) is 3.95. The summed E-state index contributed by atoms with van der Waals surface area (Å²) in [6, 6.07) is 17.8. The number of para-hydroxylation sites is 1. The van der Waals surface area contributed by atoms with E-state index in [0.29, 0.717) is 22.3 Å². The quantitative estimate of drug-likeness (QED) is 0.357. The summed E-state index contributed by atoms with van der Waals surface area (Å²) in [6.07, 6.45) is 0. The highest BCUT2D eigenvalue weighted by Crippen LogP contribution is 2.35. The number of ether oxygens (including phenoxy) is 1. The minimum Gasteiger partial charge on any atom is -0.486 e. The van der Waals surface area contributed by atoms with Crippen LogP contribution in [0.5, 0.6) is 5.75 Å². The van der Waals surface area contributed by atoms with Crippen LogP contribution >= 0.6 is 23.2 Å². The van der Waals surface area contributed by atoms with Crippen LogP contribution < -0.4 is 10.1 Å². The number of nitrogens with zero attached hydrogens (tertiary/aromatic N) is 1. The Kier molecular flexibility index (Phi) is 6.39. The molecular weight excluding hydrogens is 399 g/mol. The fourth-order valence-electron chi connectivity index (χ4n) is 2.69. The van der Waals surface area contributed by atoms with Gasteiger partial charge in [0, 0.05) is 24.4 Å². The van der Waals surface area contributed by atoms with Crippen LogP contribution in [0.3, 0.4) is 0 Å². The zero-order valence-electron chi connectivity index (χ0n) is 15.1. The minimum atomic E-state index is -0.442. The number of nitro benzene ring substituents is 1. The molecule has 0 aliphatic rings. The van der Waals surface area contributed by atoms with Gasteiger partial charge < -0.3 is 10.1 Å². The molecule has 0 fully saturated rings. The molecule has 0 amide bonds. The summed E-state index contributed by atoms with van der Waals surface area (Å²) in [6.45, 7) is 2.82. The van der Waals surface area contributed by atoms with Crippen LogP contribution in [0, 0.1) is 17.0 Å². The van der Waals surface area contributed by atoms with E-state index in [1.165, 1.54) is 12.1 Å². The monoisotopic (exact) mass is 416 g/mol. The van der Waals surface area contributed by atoms with Gasteiger partial charge in [0.15, 0.2) is 5.75 Å². The van der Waals surface area contributed by atoms with Crippen LogP contribution in [0.1, 0.15) is 16.7 Å². The molecule has 0 saturated carbocycles. The Morgan fingerprint density at radius 3 is 2.25 bits per heavy atom. The van der Waals surface area contributed by atoms with Crippen LogP contribution in [0.4, 0.5) is 11.4 Å². The molecule has 28 heavy (non-hydrogen) atoms. The molecule has 0 atom stereocenters. The van der Waals surface area contributed by atoms with Gasteiger partial charge in [0.25, 0.3) is 5.69 Å². The summed E-state index contributed by atoms with van der Waals surface area (Å²) in [7, 11) is 0. The van der Waals surface area contributed by atoms with Gasteiger partial charge in [0.1, 0.15) is 6.61 Å². The van der Waals surface area contributed by atoms with E-state index in [2.05, 4.69) is 5.32 Å². The maximum absolute atomic E-state index is 10.7. The highest BCUT2D eigenvalue weighted by atomic mass is 35.5. The molecule has 3 rings (SSSR count). The molecule has 0 bridgehead atoms. The van der Waals surface area contributed by atoms with Crippen molar-refractivity contribution in [2.75, 3.05) is 5.32 Å². The number of hydrogen-bond acceptors (Lipinski definition) is 4. The molecule has 1 N–H and O–H groups in total. The van der Waals surface area contributed by atoms with Crippen molar-refractivity contribution >= 4 is 34.6 Å². The van der Waals surface area contributed by atoms with E-state index < -0.39 is 4.92 Å². The molecule has 5 nitrogen and oxygen atoms in total.